The molecule has 0 radical (unpaired) electrons. The molecule has 3 atom stereocenters. The van der Waals surface area contributed by atoms with Crippen LogP contribution in [0.3, 0.4) is 0 Å². The third-order valence-electron chi connectivity index (χ3n) is 5.48. The average molecular weight is 440 g/mol. The SMILES string of the molecule is CCC(c1cccs1)N1C(=O)[C@H]2CN(S(=O)(=O)c3ccc(F)cc3F)C[C@H]2C1=O. The molecule has 154 valence electrons. The molecule has 4 rings (SSSR count). The average Bonchev–Trinajstić information content (AvgIpc) is 3.38. The van der Waals surface area contributed by atoms with Gasteiger partial charge < -0.3 is 0 Å². The maximum atomic E-state index is 14.0. The van der Waals surface area contributed by atoms with Gasteiger partial charge in [-0.25, -0.2) is 17.2 Å². The number of fused-ring (bicyclic) bond motifs is 1. The van der Waals surface area contributed by atoms with Gasteiger partial charge in [0.15, 0.2) is 0 Å². The summed E-state index contributed by atoms with van der Waals surface area (Å²) in [6.45, 7) is 1.48. The fourth-order valence-corrected chi connectivity index (χ4v) is 6.49. The van der Waals surface area contributed by atoms with Crippen molar-refractivity contribution < 1.29 is 26.8 Å². The number of carbonyl (C=O) groups is 2. The van der Waals surface area contributed by atoms with Gasteiger partial charge in [-0.15, -0.1) is 11.3 Å². The number of amides is 2. The second kappa shape index (κ2) is 7.26. The van der Waals surface area contributed by atoms with Gasteiger partial charge in [-0.1, -0.05) is 13.0 Å². The minimum Gasteiger partial charge on any atom is -0.274 e. The number of imide groups is 1. The highest BCUT2D eigenvalue weighted by Gasteiger charge is 2.56. The van der Waals surface area contributed by atoms with Crippen molar-refractivity contribution in [1.29, 1.82) is 0 Å². The van der Waals surface area contributed by atoms with E-state index in [-0.39, 0.29) is 19.1 Å². The molecule has 10 heteroatoms. The largest absolute Gasteiger partial charge is 0.274 e. The molecule has 29 heavy (non-hydrogen) atoms. The van der Waals surface area contributed by atoms with Crippen LogP contribution in [0.15, 0.2) is 40.6 Å². The maximum absolute atomic E-state index is 14.0. The van der Waals surface area contributed by atoms with Crippen molar-refractivity contribution in [1.82, 2.24) is 9.21 Å². The Hall–Kier alpha value is -2.17. The number of rotatable bonds is 5. The minimum atomic E-state index is -4.29. The summed E-state index contributed by atoms with van der Waals surface area (Å²) in [7, 11) is -4.29. The number of sulfonamides is 1. The van der Waals surface area contributed by atoms with E-state index in [1.165, 1.54) is 16.2 Å². The Morgan fingerprint density at radius 1 is 1.14 bits per heavy atom. The summed E-state index contributed by atoms with van der Waals surface area (Å²) in [6, 6.07) is 5.54. The minimum absolute atomic E-state index is 0.203. The molecular weight excluding hydrogens is 422 g/mol. The lowest BCUT2D eigenvalue weighted by Crippen LogP contribution is -2.40. The van der Waals surface area contributed by atoms with E-state index in [0.29, 0.717) is 12.5 Å². The smallest absolute Gasteiger partial charge is 0.246 e. The Kier molecular flexibility index (Phi) is 5.04. The first-order chi connectivity index (χ1) is 13.8. The highest BCUT2D eigenvalue weighted by atomic mass is 32.2. The molecular formula is C19H18F2N2O4S2. The zero-order valence-electron chi connectivity index (χ0n) is 15.4. The van der Waals surface area contributed by atoms with Gasteiger partial charge in [0.25, 0.3) is 0 Å². The molecule has 0 spiro atoms. The number of benzene rings is 1. The van der Waals surface area contributed by atoms with Gasteiger partial charge in [-0.3, -0.25) is 14.5 Å². The van der Waals surface area contributed by atoms with E-state index in [1.807, 2.05) is 24.4 Å². The fourth-order valence-electron chi connectivity index (χ4n) is 4.05. The molecule has 2 aliphatic heterocycles. The lowest BCUT2D eigenvalue weighted by molar-refractivity contribution is -0.143. The second-order valence-corrected chi connectivity index (χ2v) is 9.98. The first-order valence-electron chi connectivity index (χ1n) is 9.11. The van der Waals surface area contributed by atoms with Gasteiger partial charge in [0.05, 0.1) is 17.9 Å². The summed E-state index contributed by atoms with van der Waals surface area (Å²) >= 11 is 1.45. The molecule has 0 bridgehead atoms. The number of carbonyl (C=O) groups excluding carboxylic acids is 2. The maximum Gasteiger partial charge on any atom is 0.246 e. The number of thiophene rings is 1. The molecule has 2 saturated heterocycles. The lowest BCUT2D eigenvalue weighted by atomic mass is 10.00. The predicted octanol–water partition coefficient (Wildman–Crippen LogP) is 2.78. The van der Waals surface area contributed by atoms with Crippen LogP contribution < -0.4 is 0 Å². The van der Waals surface area contributed by atoms with Crippen LogP contribution in [0.25, 0.3) is 0 Å². The van der Waals surface area contributed by atoms with Crippen molar-refractivity contribution in [2.75, 3.05) is 13.1 Å². The van der Waals surface area contributed by atoms with Crippen LogP contribution in [-0.4, -0.2) is 42.5 Å². The number of halogens is 2. The monoisotopic (exact) mass is 440 g/mol. The first kappa shape index (κ1) is 20.1. The molecule has 0 saturated carbocycles. The predicted molar refractivity (Wildman–Crippen MR) is 101 cm³/mol. The van der Waals surface area contributed by atoms with Crippen molar-refractivity contribution in [2.24, 2.45) is 11.8 Å². The fraction of sp³-hybridized carbons (Fsp3) is 0.368. The zero-order chi connectivity index (χ0) is 20.9. The van der Waals surface area contributed by atoms with Gasteiger partial charge in [0, 0.05) is 24.0 Å². The standard InChI is InChI=1S/C19H18F2N2O4S2/c1-2-15(16-4-3-7-28-16)23-18(24)12-9-22(10-13(12)19(23)25)29(26,27)17-6-5-11(20)8-14(17)21/h3-8,12-13,15H,2,9-10H2,1H3/t12-,13+,15?. The molecule has 1 aromatic carbocycles. The van der Waals surface area contributed by atoms with Crippen molar-refractivity contribution in [3.63, 3.8) is 0 Å². The van der Waals surface area contributed by atoms with E-state index < -0.39 is 50.2 Å². The quantitative estimate of drug-likeness (QED) is 0.670. The van der Waals surface area contributed by atoms with E-state index in [2.05, 4.69) is 0 Å². The lowest BCUT2D eigenvalue weighted by Gasteiger charge is -2.26. The van der Waals surface area contributed by atoms with Crippen LogP contribution in [0, 0.1) is 23.5 Å². The topological polar surface area (TPSA) is 74.8 Å². The van der Waals surface area contributed by atoms with Crippen molar-refractivity contribution >= 4 is 33.2 Å². The Bertz CT molecular complexity index is 1050. The van der Waals surface area contributed by atoms with E-state index in [9.17, 15) is 26.8 Å². The number of hydrogen-bond acceptors (Lipinski definition) is 5. The molecule has 2 aromatic rings. The molecule has 6 nitrogen and oxygen atoms in total. The number of likely N-dealkylation sites (tertiary alicyclic amines) is 1. The van der Waals surface area contributed by atoms with Crippen LogP contribution in [0.1, 0.15) is 24.3 Å². The zero-order valence-corrected chi connectivity index (χ0v) is 17.1. The molecule has 2 amide bonds. The van der Waals surface area contributed by atoms with Gasteiger partial charge in [0.1, 0.15) is 16.5 Å². The summed E-state index contributed by atoms with van der Waals surface area (Å²) < 4.78 is 53.7. The third kappa shape index (κ3) is 3.19. The molecule has 2 aliphatic rings. The van der Waals surface area contributed by atoms with Gasteiger partial charge in [0.2, 0.25) is 21.8 Å². The summed E-state index contributed by atoms with van der Waals surface area (Å²) in [5, 5.41) is 1.87. The third-order valence-corrected chi connectivity index (χ3v) is 8.32. The Labute approximate surface area is 170 Å². The molecule has 1 aromatic heterocycles. The second-order valence-electron chi connectivity index (χ2n) is 7.10. The van der Waals surface area contributed by atoms with Gasteiger partial charge in [-0.05, 0) is 30.0 Å². The van der Waals surface area contributed by atoms with Crippen LogP contribution in [0.5, 0.6) is 0 Å². The van der Waals surface area contributed by atoms with Gasteiger partial charge >= 0.3 is 0 Å². The van der Waals surface area contributed by atoms with Crippen molar-refractivity contribution in [3.8, 4) is 0 Å². The van der Waals surface area contributed by atoms with Crippen molar-refractivity contribution in [2.45, 2.75) is 24.3 Å². The number of hydrogen-bond donors (Lipinski definition) is 0. The van der Waals surface area contributed by atoms with Gasteiger partial charge in [-0.2, -0.15) is 4.31 Å². The van der Waals surface area contributed by atoms with Crippen LogP contribution in [-0.2, 0) is 19.6 Å². The Balaban J connectivity index is 1.60. The van der Waals surface area contributed by atoms with Crippen LogP contribution >= 0.6 is 11.3 Å². The molecule has 2 fully saturated rings. The summed E-state index contributed by atoms with van der Waals surface area (Å²) in [5.41, 5.74) is 0. The summed E-state index contributed by atoms with van der Waals surface area (Å²) in [6.07, 6.45) is 0.556. The summed E-state index contributed by atoms with van der Waals surface area (Å²) in [4.78, 5) is 27.4. The Morgan fingerprint density at radius 3 is 2.31 bits per heavy atom. The van der Waals surface area contributed by atoms with E-state index >= 15 is 0 Å². The normalized spacial score (nSPS) is 23.6. The van der Waals surface area contributed by atoms with Crippen LogP contribution in [0.4, 0.5) is 8.78 Å². The van der Waals surface area contributed by atoms with E-state index in [1.54, 1.807) is 0 Å². The molecule has 1 unspecified atom stereocenters. The summed E-state index contributed by atoms with van der Waals surface area (Å²) in [5.74, 6) is -4.50. The molecule has 0 aliphatic carbocycles. The first-order valence-corrected chi connectivity index (χ1v) is 11.4. The highest BCUT2D eigenvalue weighted by Crippen LogP contribution is 2.41. The van der Waals surface area contributed by atoms with E-state index in [0.717, 1.165) is 21.3 Å². The number of nitrogens with zero attached hydrogens (tertiary/aromatic N) is 2. The van der Waals surface area contributed by atoms with E-state index in [4.69, 9.17) is 0 Å². The van der Waals surface area contributed by atoms with Crippen molar-refractivity contribution in [3.05, 3.63) is 52.2 Å². The molecule has 0 N–H and O–H groups in total. The Morgan fingerprint density at radius 2 is 1.79 bits per heavy atom. The molecule has 3 heterocycles. The van der Waals surface area contributed by atoms with Crippen LogP contribution in [0.2, 0.25) is 0 Å². The highest BCUT2D eigenvalue weighted by molar-refractivity contribution is 7.89.